The molecule has 0 aliphatic rings. The highest BCUT2D eigenvalue weighted by Gasteiger charge is 2.15. The molecule has 6 heteroatoms. The lowest BCUT2D eigenvalue weighted by Gasteiger charge is -2.19. The van der Waals surface area contributed by atoms with Crippen LogP contribution in [0.5, 0.6) is 0 Å². The first-order valence-corrected chi connectivity index (χ1v) is 5.33. The average Bonchev–Trinajstić information content (AvgIpc) is 2.10. The Balaban J connectivity index is 2.53. The van der Waals surface area contributed by atoms with Gasteiger partial charge in [-0.15, -0.1) is 0 Å². The fourth-order valence-electron chi connectivity index (χ4n) is 1.23. The van der Waals surface area contributed by atoms with Crippen molar-refractivity contribution in [1.29, 1.82) is 0 Å². The molecule has 1 aromatic heterocycles. The molecule has 3 N–H and O–H groups in total. The molecule has 0 atom stereocenters. The Morgan fingerprint density at radius 3 is 2.65 bits per heavy atom. The smallest absolute Gasteiger partial charge is 0.407 e. The summed E-state index contributed by atoms with van der Waals surface area (Å²) in [7, 11) is 0. The zero-order valence-corrected chi connectivity index (χ0v) is 10.6. The van der Waals surface area contributed by atoms with E-state index in [9.17, 15) is 4.79 Å². The van der Waals surface area contributed by atoms with Crippen LogP contribution in [0, 0.1) is 6.92 Å². The molecule has 0 aliphatic carbocycles. The standard InChI is InChI=1S/C11H18N4O2/c1-7-5-8(15-9(12)14-7)6-13-10(16)17-11(2,3)4/h5H,6H2,1-4H3,(H,13,16)(H2,12,14,15). The molecule has 0 bridgehead atoms. The van der Waals surface area contributed by atoms with Crippen LogP contribution in [0.4, 0.5) is 10.7 Å². The van der Waals surface area contributed by atoms with Gasteiger partial charge in [0.15, 0.2) is 0 Å². The first kappa shape index (κ1) is 13.2. The van der Waals surface area contributed by atoms with Gasteiger partial charge in [-0.3, -0.25) is 0 Å². The molecule has 1 rings (SSSR count). The fourth-order valence-corrected chi connectivity index (χ4v) is 1.23. The maximum atomic E-state index is 11.4. The lowest BCUT2D eigenvalue weighted by Crippen LogP contribution is -2.32. The number of rotatable bonds is 2. The number of hydrogen-bond acceptors (Lipinski definition) is 5. The van der Waals surface area contributed by atoms with Crippen LogP contribution in [-0.2, 0) is 11.3 Å². The van der Waals surface area contributed by atoms with Crippen molar-refractivity contribution in [2.75, 3.05) is 5.73 Å². The minimum atomic E-state index is -0.509. The Hall–Kier alpha value is -1.85. The lowest BCUT2D eigenvalue weighted by atomic mass is 10.2. The lowest BCUT2D eigenvalue weighted by molar-refractivity contribution is 0.0523. The molecule has 1 aromatic rings. The molecule has 94 valence electrons. The number of nitrogen functional groups attached to an aromatic ring is 1. The van der Waals surface area contributed by atoms with Gasteiger partial charge in [0.2, 0.25) is 5.95 Å². The number of carbonyl (C=O) groups is 1. The van der Waals surface area contributed by atoms with Gasteiger partial charge < -0.3 is 15.8 Å². The van der Waals surface area contributed by atoms with E-state index in [4.69, 9.17) is 10.5 Å². The minimum absolute atomic E-state index is 0.200. The second kappa shape index (κ2) is 4.99. The van der Waals surface area contributed by atoms with Crippen LogP contribution < -0.4 is 11.1 Å². The van der Waals surface area contributed by atoms with E-state index < -0.39 is 11.7 Å². The fraction of sp³-hybridized carbons (Fsp3) is 0.545. The molecule has 0 fully saturated rings. The van der Waals surface area contributed by atoms with E-state index >= 15 is 0 Å². The van der Waals surface area contributed by atoms with Gasteiger partial charge in [-0.2, -0.15) is 0 Å². The van der Waals surface area contributed by atoms with Crippen LogP contribution in [0.3, 0.4) is 0 Å². The topological polar surface area (TPSA) is 90.1 Å². The molecule has 0 unspecified atom stereocenters. The molecule has 0 aliphatic heterocycles. The van der Waals surface area contributed by atoms with Crippen molar-refractivity contribution < 1.29 is 9.53 Å². The van der Waals surface area contributed by atoms with Crippen molar-refractivity contribution in [1.82, 2.24) is 15.3 Å². The number of nitrogens with zero attached hydrogens (tertiary/aromatic N) is 2. The third-order valence-electron chi connectivity index (χ3n) is 1.74. The van der Waals surface area contributed by atoms with Crippen LogP contribution in [0.15, 0.2) is 6.07 Å². The highest BCUT2D eigenvalue weighted by atomic mass is 16.6. The number of hydrogen-bond donors (Lipinski definition) is 2. The Morgan fingerprint density at radius 2 is 2.12 bits per heavy atom. The molecule has 0 aromatic carbocycles. The Kier molecular flexibility index (Phi) is 3.88. The number of amides is 1. The van der Waals surface area contributed by atoms with E-state index in [1.807, 2.05) is 6.92 Å². The summed E-state index contributed by atoms with van der Waals surface area (Å²) >= 11 is 0. The summed E-state index contributed by atoms with van der Waals surface area (Å²) in [6.07, 6.45) is -0.479. The number of carbonyl (C=O) groups excluding carboxylic acids is 1. The summed E-state index contributed by atoms with van der Waals surface area (Å²) in [6.45, 7) is 7.50. The number of nitrogens with one attached hydrogen (secondary N) is 1. The van der Waals surface area contributed by atoms with Gasteiger partial charge in [0.25, 0.3) is 0 Å². The predicted octanol–water partition coefficient (Wildman–Crippen LogP) is 1.39. The van der Waals surface area contributed by atoms with Crippen LogP contribution in [-0.4, -0.2) is 21.7 Å². The van der Waals surface area contributed by atoms with E-state index in [1.165, 1.54) is 0 Å². The van der Waals surface area contributed by atoms with Crippen LogP contribution >= 0.6 is 0 Å². The molecule has 0 saturated carbocycles. The Morgan fingerprint density at radius 1 is 1.47 bits per heavy atom. The minimum Gasteiger partial charge on any atom is -0.444 e. The third kappa shape index (κ3) is 5.14. The predicted molar refractivity (Wildman–Crippen MR) is 64.3 cm³/mol. The summed E-state index contributed by atoms with van der Waals surface area (Å²) in [5.74, 6) is 0.200. The van der Waals surface area contributed by atoms with Gasteiger partial charge in [-0.1, -0.05) is 0 Å². The Labute approximate surface area is 101 Å². The SMILES string of the molecule is Cc1cc(CNC(=O)OC(C)(C)C)nc(N)n1. The van der Waals surface area contributed by atoms with E-state index in [1.54, 1.807) is 26.8 Å². The summed E-state index contributed by atoms with van der Waals surface area (Å²) in [5.41, 5.74) is 6.41. The number of aryl methyl sites for hydroxylation is 1. The maximum absolute atomic E-state index is 11.4. The molecule has 0 saturated heterocycles. The van der Waals surface area contributed by atoms with Gasteiger partial charge >= 0.3 is 6.09 Å². The van der Waals surface area contributed by atoms with Crippen molar-refractivity contribution >= 4 is 12.0 Å². The Bertz CT molecular complexity index is 392. The van der Waals surface area contributed by atoms with Crippen LogP contribution in [0.2, 0.25) is 0 Å². The number of ether oxygens (including phenoxy) is 1. The normalized spacial score (nSPS) is 11.1. The van der Waals surface area contributed by atoms with E-state index in [2.05, 4.69) is 15.3 Å². The molecule has 0 spiro atoms. The highest BCUT2D eigenvalue weighted by molar-refractivity contribution is 5.67. The van der Waals surface area contributed by atoms with E-state index in [-0.39, 0.29) is 12.5 Å². The number of alkyl carbamates (subject to hydrolysis) is 1. The van der Waals surface area contributed by atoms with Gasteiger partial charge in [0, 0.05) is 5.69 Å². The summed E-state index contributed by atoms with van der Waals surface area (Å²) in [6, 6.07) is 1.76. The summed E-state index contributed by atoms with van der Waals surface area (Å²) < 4.78 is 5.10. The van der Waals surface area contributed by atoms with Crippen LogP contribution in [0.25, 0.3) is 0 Å². The summed E-state index contributed by atoms with van der Waals surface area (Å²) in [5, 5.41) is 2.60. The zero-order valence-electron chi connectivity index (χ0n) is 10.6. The van der Waals surface area contributed by atoms with Crippen molar-refractivity contribution in [2.45, 2.75) is 39.8 Å². The van der Waals surface area contributed by atoms with Gasteiger partial charge in [0.1, 0.15) is 5.60 Å². The first-order valence-electron chi connectivity index (χ1n) is 5.33. The van der Waals surface area contributed by atoms with E-state index in [0.717, 1.165) is 5.69 Å². The average molecular weight is 238 g/mol. The summed E-state index contributed by atoms with van der Waals surface area (Å²) in [4.78, 5) is 19.3. The van der Waals surface area contributed by atoms with Gasteiger partial charge in [0.05, 0.1) is 12.2 Å². The zero-order chi connectivity index (χ0) is 13.1. The number of nitrogens with two attached hydrogens (primary N) is 1. The molecule has 1 amide bonds. The molecular weight excluding hydrogens is 220 g/mol. The largest absolute Gasteiger partial charge is 0.444 e. The second-order valence-corrected chi connectivity index (χ2v) is 4.71. The molecule has 17 heavy (non-hydrogen) atoms. The number of aromatic nitrogens is 2. The van der Waals surface area contributed by atoms with Crippen molar-refractivity contribution in [2.24, 2.45) is 0 Å². The molecular formula is C11H18N4O2. The second-order valence-electron chi connectivity index (χ2n) is 4.71. The highest BCUT2D eigenvalue weighted by Crippen LogP contribution is 2.07. The molecule has 1 heterocycles. The quantitative estimate of drug-likeness (QED) is 0.812. The van der Waals surface area contributed by atoms with Crippen molar-refractivity contribution in [3.63, 3.8) is 0 Å². The third-order valence-corrected chi connectivity index (χ3v) is 1.74. The maximum Gasteiger partial charge on any atom is 0.407 e. The molecule has 0 radical (unpaired) electrons. The van der Waals surface area contributed by atoms with Gasteiger partial charge in [-0.25, -0.2) is 14.8 Å². The van der Waals surface area contributed by atoms with Crippen LogP contribution in [0.1, 0.15) is 32.2 Å². The van der Waals surface area contributed by atoms with Gasteiger partial charge in [-0.05, 0) is 33.8 Å². The van der Waals surface area contributed by atoms with Crippen molar-refractivity contribution in [3.8, 4) is 0 Å². The first-order chi connectivity index (χ1) is 7.76. The van der Waals surface area contributed by atoms with Crippen molar-refractivity contribution in [3.05, 3.63) is 17.5 Å². The number of anilines is 1. The van der Waals surface area contributed by atoms with E-state index in [0.29, 0.717) is 5.69 Å². The monoisotopic (exact) mass is 238 g/mol. The molecule has 6 nitrogen and oxygen atoms in total.